The number of ether oxygens (including phenoxy) is 1. The number of esters is 1. The lowest BCUT2D eigenvalue weighted by atomic mass is 10.1. The highest BCUT2D eigenvalue weighted by atomic mass is 16.5. The van der Waals surface area contributed by atoms with Gasteiger partial charge in [-0.2, -0.15) is 0 Å². The van der Waals surface area contributed by atoms with Crippen LogP contribution in [0.3, 0.4) is 0 Å². The molecule has 0 spiro atoms. The molecule has 0 saturated carbocycles. The molecule has 6 heteroatoms. The van der Waals surface area contributed by atoms with Crippen LogP contribution < -0.4 is 5.76 Å². The Balaban J connectivity index is 2.35. The third kappa shape index (κ3) is 3.87. The SMILES string of the molecule is COC(=O)C(C)CC/C=C\Cn1c(C)noc1=O. The molecule has 0 aromatic carbocycles. The summed E-state index contributed by atoms with van der Waals surface area (Å²) in [6.07, 6.45) is 5.27. The van der Waals surface area contributed by atoms with Gasteiger partial charge in [0.1, 0.15) is 0 Å². The second-order valence-electron chi connectivity index (χ2n) is 4.08. The number of carbonyl (C=O) groups is 1. The molecule has 1 aromatic rings. The highest BCUT2D eigenvalue weighted by Gasteiger charge is 2.11. The molecule has 100 valence electrons. The van der Waals surface area contributed by atoms with Crippen LogP contribution in [0.2, 0.25) is 0 Å². The molecule has 1 unspecified atom stereocenters. The normalized spacial score (nSPS) is 12.8. The molecule has 18 heavy (non-hydrogen) atoms. The van der Waals surface area contributed by atoms with E-state index in [1.165, 1.54) is 11.7 Å². The van der Waals surface area contributed by atoms with Crippen LogP contribution in [0.5, 0.6) is 0 Å². The third-order valence-corrected chi connectivity index (χ3v) is 2.69. The summed E-state index contributed by atoms with van der Waals surface area (Å²) in [5.74, 6) is -0.221. The van der Waals surface area contributed by atoms with Crippen LogP contribution in [0.4, 0.5) is 0 Å². The summed E-state index contributed by atoms with van der Waals surface area (Å²) < 4.78 is 10.6. The first-order valence-electron chi connectivity index (χ1n) is 5.82. The number of nitrogens with zero attached hydrogens (tertiary/aromatic N) is 2. The number of hydrogen-bond donors (Lipinski definition) is 0. The molecule has 0 radical (unpaired) electrons. The van der Waals surface area contributed by atoms with Crippen LogP contribution in [-0.4, -0.2) is 22.8 Å². The predicted octanol–water partition coefficient (Wildman–Crippen LogP) is 1.29. The summed E-state index contributed by atoms with van der Waals surface area (Å²) in [7, 11) is 1.38. The molecule has 0 N–H and O–H groups in total. The lowest BCUT2D eigenvalue weighted by Crippen LogP contribution is -2.14. The van der Waals surface area contributed by atoms with E-state index in [-0.39, 0.29) is 11.9 Å². The molecule has 0 saturated heterocycles. The van der Waals surface area contributed by atoms with Crippen molar-refractivity contribution in [1.82, 2.24) is 9.72 Å². The van der Waals surface area contributed by atoms with E-state index >= 15 is 0 Å². The average molecular weight is 254 g/mol. The maximum atomic E-state index is 11.2. The van der Waals surface area contributed by atoms with Crippen molar-refractivity contribution >= 4 is 5.97 Å². The van der Waals surface area contributed by atoms with Crippen molar-refractivity contribution in [3.8, 4) is 0 Å². The van der Waals surface area contributed by atoms with Crippen molar-refractivity contribution in [2.75, 3.05) is 7.11 Å². The van der Waals surface area contributed by atoms with Crippen LogP contribution in [-0.2, 0) is 16.1 Å². The minimum Gasteiger partial charge on any atom is -0.469 e. The Labute approximate surface area is 105 Å². The fourth-order valence-corrected chi connectivity index (χ4v) is 1.51. The van der Waals surface area contributed by atoms with Crippen molar-refractivity contribution in [3.05, 3.63) is 28.5 Å². The maximum Gasteiger partial charge on any atom is 0.441 e. The van der Waals surface area contributed by atoms with Gasteiger partial charge in [0.05, 0.1) is 13.0 Å². The Hall–Kier alpha value is -1.85. The molecule has 1 aromatic heterocycles. The minimum absolute atomic E-state index is 0.111. The van der Waals surface area contributed by atoms with Gasteiger partial charge in [-0.15, -0.1) is 0 Å². The smallest absolute Gasteiger partial charge is 0.441 e. The summed E-state index contributed by atoms with van der Waals surface area (Å²) in [6, 6.07) is 0. The zero-order valence-electron chi connectivity index (χ0n) is 10.9. The Bertz CT molecular complexity index is 473. The fourth-order valence-electron chi connectivity index (χ4n) is 1.51. The van der Waals surface area contributed by atoms with E-state index in [1.54, 1.807) is 6.92 Å². The molecule has 0 amide bonds. The second-order valence-corrected chi connectivity index (χ2v) is 4.08. The summed E-state index contributed by atoms with van der Waals surface area (Å²) in [4.78, 5) is 22.3. The minimum atomic E-state index is -0.458. The number of methoxy groups -OCH3 is 1. The monoisotopic (exact) mass is 254 g/mol. The number of aromatic nitrogens is 2. The van der Waals surface area contributed by atoms with E-state index in [2.05, 4.69) is 14.4 Å². The van der Waals surface area contributed by atoms with Crippen LogP contribution >= 0.6 is 0 Å². The third-order valence-electron chi connectivity index (χ3n) is 2.69. The molecular formula is C12H18N2O4. The van der Waals surface area contributed by atoms with Gasteiger partial charge >= 0.3 is 11.7 Å². The van der Waals surface area contributed by atoms with Crippen molar-refractivity contribution in [2.45, 2.75) is 33.2 Å². The average Bonchev–Trinajstić information content (AvgIpc) is 2.68. The quantitative estimate of drug-likeness (QED) is 0.565. The van der Waals surface area contributed by atoms with Gasteiger partial charge in [0.25, 0.3) is 0 Å². The molecule has 0 aliphatic carbocycles. The van der Waals surface area contributed by atoms with Gasteiger partial charge in [0.2, 0.25) is 0 Å². The molecule has 0 bridgehead atoms. The van der Waals surface area contributed by atoms with Gasteiger partial charge in [0.15, 0.2) is 5.82 Å². The van der Waals surface area contributed by atoms with Crippen molar-refractivity contribution in [1.29, 1.82) is 0 Å². The van der Waals surface area contributed by atoms with Gasteiger partial charge in [-0.1, -0.05) is 24.2 Å². The number of rotatable bonds is 6. The van der Waals surface area contributed by atoms with Crippen molar-refractivity contribution in [2.24, 2.45) is 5.92 Å². The molecular weight excluding hydrogens is 236 g/mol. The molecule has 1 rings (SSSR count). The van der Waals surface area contributed by atoms with Crippen molar-refractivity contribution in [3.63, 3.8) is 0 Å². The zero-order chi connectivity index (χ0) is 13.5. The number of hydrogen-bond acceptors (Lipinski definition) is 5. The molecule has 1 atom stereocenters. The summed E-state index contributed by atoms with van der Waals surface area (Å²) in [5, 5.41) is 3.56. The van der Waals surface area contributed by atoms with Gasteiger partial charge in [-0.25, -0.2) is 4.79 Å². The molecule has 6 nitrogen and oxygen atoms in total. The zero-order valence-corrected chi connectivity index (χ0v) is 10.9. The first kappa shape index (κ1) is 14.2. The summed E-state index contributed by atoms with van der Waals surface area (Å²) in [6.45, 7) is 3.97. The topological polar surface area (TPSA) is 74.3 Å². The largest absolute Gasteiger partial charge is 0.469 e. The van der Waals surface area contributed by atoms with Gasteiger partial charge in [-0.05, 0) is 19.8 Å². The number of allylic oxidation sites excluding steroid dienone is 2. The number of carbonyl (C=O) groups excluding carboxylic acids is 1. The van der Waals surface area contributed by atoms with Crippen LogP contribution in [0.1, 0.15) is 25.6 Å². The van der Waals surface area contributed by atoms with Gasteiger partial charge < -0.3 is 4.74 Å². The van der Waals surface area contributed by atoms with Gasteiger partial charge in [0, 0.05) is 6.54 Å². The summed E-state index contributed by atoms with van der Waals surface area (Å²) >= 11 is 0. The highest BCUT2D eigenvalue weighted by molar-refractivity contribution is 5.71. The predicted molar refractivity (Wildman–Crippen MR) is 65.1 cm³/mol. The van der Waals surface area contributed by atoms with E-state index < -0.39 is 5.76 Å². The van der Waals surface area contributed by atoms with Crippen LogP contribution in [0.15, 0.2) is 21.5 Å². The molecule has 0 aliphatic rings. The Morgan fingerprint density at radius 1 is 1.56 bits per heavy atom. The van der Waals surface area contributed by atoms with E-state index in [4.69, 9.17) is 0 Å². The first-order chi connectivity index (χ1) is 8.56. The Kier molecular flexibility index (Phi) is 5.35. The molecule has 0 fully saturated rings. The Morgan fingerprint density at radius 3 is 2.83 bits per heavy atom. The van der Waals surface area contributed by atoms with E-state index in [1.807, 2.05) is 19.1 Å². The highest BCUT2D eigenvalue weighted by Crippen LogP contribution is 2.07. The lowest BCUT2D eigenvalue weighted by Gasteiger charge is -2.06. The van der Waals surface area contributed by atoms with Gasteiger partial charge in [-0.3, -0.25) is 13.9 Å². The fraction of sp³-hybridized carbons (Fsp3) is 0.583. The van der Waals surface area contributed by atoms with E-state index in [0.717, 1.165) is 12.8 Å². The van der Waals surface area contributed by atoms with E-state index in [9.17, 15) is 9.59 Å². The van der Waals surface area contributed by atoms with E-state index in [0.29, 0.717) is 12.4 Å². The number of aryl methyl sites for hydroxylation is 1. The standard InChI is InChI=1S/C12H18N2O4/c1-9(11(15)17-3)7-5-4-6-8-14-10(2)13-18-12(14)16/h4,6,9H,5,7-8H2,1-3H3/b6-4-. The van der Waals surface area contributed by atoms with Crippen molar-refractivity contribution < 1.29 is 14.1 Å². The van der Waals surface area contributed by atoms with Crippen LogP contribution in [0.25, 0.3) is 0 Å². The molecule has 0 aliphatic heterocycles. The summed E-state index contributed by atoms with van der Waals surface area (Å²) in [5.41, 5.74) is 0. The second kappa shape index (κ2) is 6.78. The molecule has 1 heterocycles. The first-order valence-corrected chi connectivity index (χ1v) is 5.82. The lowest BCUT2D eigenvalue weighted by molar-refractivity contribution is -0.144. The Morgan fingerprint density at radius 2 is 2.28 bits per heavy atom. The van der Waals surface area contributed by atoms with Crippen LogP contribution in [0, 0.1) is 12.8 Å². The maximum absolute atomic E-state index is 11.2.